The van der Waals surface area contributed by atoms with Crippen molar-refractivity contribution in [2.75, 3.05) is 6.61 Å². The number of fused-ring (bicyclic) bond motifs is 5. The molecule has 14 atom stereocenters. The number of aliphatic hydroxyl groups is 3. The highest BCUT2D eigenvalue weighted by Crippen LogP contribution is 2.67. The molecule has 0 amide bonds. The van der Waals surface area contributed by atoms with Crippen LogP contribution in [-0.2, 0) is 19.0 Å². The van der Waals surface area contributed by atoms with Gasteiger partial charge in [-0.15, -0.1) is 0 Å². The number of hydrogen-bond donors (Lipinski definition) is 3. The summed E-state index contributed by atoms with van der Waals surface area (Å²) in [4.78, 5) is 12.6. The minimum Gasteiger partial charge on any atom is -0.463 e. The Morgan fingerprint density at radius 3 is 2.02 bits per heavy atom. The van der Waals surface area contributed by atoms with E-state index < -0.39 is 30.7 Å². The molecule has 3 N–H and O–H groups in total. The molecule has 0 aromatic heterocycles. The second kappa shape index (κ2) is 24.3. The van der Waals surface area contributed by atoms with Gasteiger partial charge in [-0.25, -0.2) is 0 Å². The third kappa shape index (κ3) is 12.8. The second-order valence-corrected chi connectivity index (χ2v) is 21.9. The van der Waals surface area contributed by atoms with Gasteiger partial charge in [-0.05, 0) is 116 Å². The Bertz CT molecular complexity index is 1280. The summed E-state index contributed by atoms with van der Waals surface area (Å²) >= 11 is 0. The van der Waals surface area contributed by atoms with Gasteiger partial charge in [0.05, 0.1) is 6.10 Å². The highest BCUT2D eigenvalue weighted by atomic mass is 16.7. The molecule has 1 aliphatic heterocycles. The first-order valence-electron chi connectivity index (χ1n) is 26.0. The van der Waals surface area contributed by atoms with Crippen LogP contribution in [0.15, 0.2) is 11.6 Å². The first kappa shape index (κ1) is 50.0. The number of carbonyl (C=O) groups excluding carboxylic acids is 1. The third-order valence-corrected chi connectivity index (χ3v) is 17.7. The lowest BCUT2D eigenvalue weighted by Gasteiger charge is -2.58. The van der Waals surface area contributed by atoms with Gasteiger partial charge in [0, 0.05) is 6.42 Å². The van der Waals surface area contributed by atoms with Crippen LogP contribution < -0.4 is 0 Å². The molecule has 0 aromatic carbocycles. The van der Waals surface area contributed by atoms with E-state index in [9.17, 15) is 20.1 Å². The van der Waals surface area contributed by atoms with Gasteiger partial charge in [0.1, 0.15) is 31.0 Å². The van der Waals surface area contributed by atoms with Crippen molar-refractivity contribution >= 4 is 5.97 Å². The quantitative estimate of drug-likeness (QED) is 0.0452. The van der Waals surface area contributed by atoms with Crippen LogP contribution >= 0.6 is 0 Å². The minimum atomic E-state index is -1.44. The molecule has 1 saturated heterocycles. The molecule has 3 saturated carbocycles. The average Bonchev–Trinajstić information content (AvgIpc) is 3.59. The van der Waals surface area contributed by atoms with Gasteiger partial charge in [0.2, 0.25) is 0 Å². The van der Waals surface area contributed by atoms with Crippen molar-refractivity contribution in [3.8, 4) is 0 Å². The van der Waals surface area contributed by atoms with Crippen LogP contribution in [0.2, 0.25) is 0 Å². The number of unbranched alkanes of at least 4 members (excludes halogenated alkanes) is 14. The summed E-state index contributed by atoms with van der Waals surface area (Å²) in [7, 11) is 0. The molecular weight excluding hydrogens is 749 g/mol. The number of aliphatic hydroxyl groups excluding tert-OH is 3. The molecule has 0 radical (unpaired) electrons. The summed E-state index contributed by atoms with van der Waals surface area (Å²) in [5.74, 6) is 5.24. The normalized spacial score (nSPS) is 36.3. The monoisotopic (exact) mass is 843 g/mol. The lowest BCUT2D eigenvalue weighted by Crippen LogP contribution is -2.60. The zero-order valence-corrected chi connectivity index (χ0v) is 39.9. The van der Waals surface area contributed by atoms with Crippen LogP contribution in [-0.4, -0.2) is 64.7 Å². The minimum absolute atomic E-state index is 0.139. The molecule has 348 valence electrons. The van der Waals surface area contributed by atoms with Gasteiger partial charge in [0.25, 0.3) is 0 Å². The second-order valence-electron chi connectivity index (χ2n) is 21.9. The standard InChI is InChI=1S/C53H94O7/c1-8-10-11-12-13-14-15-16-17-18-19-20-21-22-23-24-47(54)58-36-46-48(55)49(56)50(57)51(60-46)59-41-31-33-52(6)40(35-41)27-28-42-44-30-29-43(53(44,7)34-32-45(42)52)38(5)25-26-39(9-2)37(3)4/h27,37-39,41-46,48-51,55-57H,8-26,28-36H2,1-7H3/t38?,39?,41?,42?,43?,44?,45?,46-,48-,49+,50-,51-,52?,53?/m1/s1. The Hall–Kier alpha value is -0.990. The molecule has 4 fully saturated rings. The summed E-state index contributed by atoms with van der Waals surface area (Å²) in [6, 6.07) is 0. The van der Waals surface area contributed by atoms with Gasteiger partial charge < -0.3 is 29.5 Å². The Morgan fingerprint density at radius 1 is 0.767 bits per heavy atom. The molecule has 0 aromatic rings. The van der Waals surface area contributed by atoms with Gasteiger partial charge in [-0.3, -0.25) is 4.79 Å². The van der Waals surface area contributed by atoms with E-state index in [1.807, 2.05) is 0 Å². The number of esters is 1. The van der Waals surface area contributed by atoms with Crippen molar-refractivity contribution in [3.05, 3.63) is 11.6 Å². The van der Waals surface area contributed by atoms with Crippen molar-refractivity contribution < 1.29 is 34.3 Å². The zero-order valence-electron chi connectivity index (χ0n) is 39.9. The molecule has 0 spiro atoms. The Kier molecular flexibility index (Phi) is 20.3. The maximum atomic E-state index is 12.6. The van der Waals surface area contributed by atoms with Crippen LogP contribution in [0.1, 0.15) is 222 Å². The van der Waals surface area contributed by atoms with E-state index in [0.717, 1.165) is 80.5 Å². The number of allylic oxidation sites excluding steroid dienone is 1. The molecular formula is C53H94O7. The molecule has 7 nitrogen and oxygen atoms in total. The van der Waals surface area contributed by atoms with Crippen LogP contribution in [0.3, 0.4) is 0 Å². The fourth-order valence-electron chi connectivity index (χ4n) is 13.7. The molecule has 4 aliphatic carbocycles. The van der Waals surface area contributed by atoms with Crippen LogP contribution in [0.4, 0.5) is 0 Å². The molecule has 0 bridgehead atoms. The topological polar surface area (TPSA) is 105 Å². The Balaban J connectivity index is 1.01. The van der Waals surface area contributed by atoms with Crippen molar-refractivity contribution in [2.24, 2.45) is 52.3 Å². The smallest absolute Gasteiger partial charge is 0.305 e. The predicted octanol–water partition coefficient (Wildman–Crippen LogP) is 12.7. The van der Waals surface area contributed by atoms with Crippen LogP contribution in [0.5, 0.6) is 0 Å². The van der Waals surface area contributed by atoms with Crippen LogP contribution in [0.25, 0.3) is 0 Å². The third-order valence-electron chi connectivity index (χ3n) is 17.7. The summed E-state index contributed by atoms with van der Waals surface area (Å²) in [5.41, 5.74) is 2.13. The molecule has 5 rings (SSSR count). The Morgan fingerprint density at radius 2 is 1.40 bits per heavy atom. The van der Waals surface area contributed by atoms with Crippen molar-refractivity contribution in [2.45, 2.75) is 259 Å². The zero-order chi connectivity index (χ0) is 43.3. The maximum absolute atomic E-state index is 12.6. The van der Waals surface area contributed by atoms with Gasteiger partial charge >= 0.3 is 5.97 Å². The lowest BCUT2D eigenvalue weighted by atomic mass is 9.47. The van der Waals surface area contributed by atoms with Crippen molar-refractivity contribution in [1.82, 2.24) is 0 Å². The molecule has 1 heterocycles. The van der Waals surface area contributed by atoms with E-state index in [1.165, 1.54) is 128 Å². The fourth-order valence-corrected chi connectivity index (χ4v) is 13.7. The highest BCUT2D eigenvalue weighted by Gasteiger charge is 2.59. The highest BCUT2D eigenvalue weighted by molar-refractivity contribution is 5.69. The van der Waals surface area contributed by atoms with E-state index in [2.05, 4.69) is 54.5 Å². The lowest BCUT2D eigenvalue weighted by molar-refractivity contribution is -0.313. The summed E-state index contributed by atoms with van der Waals surface area (Å²) in [5, 5.41) is 32.6. The number of hydrogen-bond acceptors (Lipinski definition) is 7. The van der Waals surface area contributed by atoms with E-state index in [1.54, 1.807) is 0 Å². The average molecular weight is 843 g/mol. The first-order chi connectivity index (χ1) is 28.8. The van der Waals surface area contributed by atoms with Gasteiger partial charge in [-0.1, -0.05) is 163 Å². The van der Waals surface area contributed by atoms with Crippen molar-refractivity contribution in [1.29, 1.82) is 0 Å². The Labute approximate surface area is 368 Å². The molecule has 60 heavy (non-hydrogen) atoms. The summed E-state index contributed by atoms with van der Waals surface area (Å²) in [6.45, 7) is 17.0. The van der Waals surface area contributed by atoms with Gasteiger partial charge in [0.15, 0.2) is 6.29 Å². The number of rotatable bonds is 26. The largest absolute Gasteiger partial charge is 0.463 e. The molecule has 7 heteroatoms. The maximum Gasteiger partial charge on any atom is 0.305 e. The van der Waals surface area contributed by atoms with Crippen LogP contribution in [0, 0.1) is 52.3 Å². The van der Waals surface area contributed by atoms with E-state index >= 15 is 0 Å². The van der Waals surface area contributed by atoms with Crippen molar-refractivity contribution in [3.63, 3.8) is 0 Å². The number of ether oxygens (including phenoxy) is 3. The first-order valence-corrected chi connectivity index (χ1v) is 26.0. The van der Waals surface area contributed by atoms with Gasteiger partial charge in [-0.2, -0.15) is 0 Å². The molecule has 9 unspecified atom stereocenters. The SMILES string of the molecule is CCCCCCCCCCCCCCCCCC(=O)OC[C@H]1O[C@@H](OC2CCC3(C)C(=CCC4C3CCC3(C)C(C(C)CCC(CC)C(C)C)CCC43)C2)[C@H](O)[C@@H](O)[C@@H]1O. The number of carbonyl (C=O) groups is 1. The fraction of sp³-hybridized carbons (Fsp3) is 0.943. The predicted molar refractivity (Wildman–Crippen MR) is 244 cm³/mol. The van der Waals surface area contributed by atoms with E-state index in [-0.39, 0.29) is 24.1 Å². The van der Waals surface area contributed by atoms with E-state index in [0.29, 0.717) is 17.8 Å². The van der Waals surface area contributed by atoms with E-state index in [4.69, 9.17) is 14.2 Å². The summed E-state index contributed by atoms with van der Waals surface area (Å²) < 4.78 is 18.1. The summed E-state index contributed by atoms with van der Waals surface area (Å²) in [6.07, 6.45) is 29.0. The molecule has 5 aliphatic rings.